The number of carbonyl (C=O) groups is 3. The number of amides is 3. The Balaban J connectivity index is 1.50. The average molecular weight is 380 g/mol. The number of nitrogens with zero attached hydrogens (tertiary/aromatic N) is 2. The van der Waals surface area contributed by atoms with Crippen LogP contribution in [0.2, 0.25) is 0 Å². The van der Waals surface area contributed by atoms with Gasteiger partial charge in [-0.3, -0.25) is 14.4 Å². The Morgan fingerprint density at radius 3 is 2.50 bits per heavy atom. The van der Waals surface area contributed by atoms with Crippen molar-refractivity contribution in [1.29, 1.82) is 0 Å². The van der Waals surface area contributed by atoms with E-state index in [0.29, 0.717) is 17.9 Å². The van der Waals surface area contributed by atoms with Gasteiger partial charge in [-0.05, 0) is 29.8 Å². The van der Waals surface area contributed by atoms with Crippen LogP contribution in [0.4, 0.5) is 17.1 Å². The third-order valence-electron chi connectivity index (χ3n) is 4.58. The van der Waals surface area contributed by atoms with Gasteiger partial charge in [-0.1, -0.05) is 24.3 Å². The average Bonchev–Trinajstić information content (AvgIpc) is 2.70. The number of hydrogen-bond donors (Lipinski definition) is 2. The maximum absolute atomic E-state index is 12.5. The van der Waals surface area contributed by atoms with E-state index in [4.69, 9.17) is 0 Å². The molecule has 7 heteroatoms. The maximum Gasteiger partial charge on any atom is 0.244 e. The van der Waals surface area contributed by atoms with E-state index < -0.39 is 0 Å². The highest BCUT2D eigenvalue weighted by molar-refractivity contribution is 6.10. The number of nitrogens with one attached hydrogen (secondary N) is 2. The van der Waals surface area contributed by atoms with Gasteiger partial charge >= 0.3 is 0 Å². The quantitative estimate of drug-likeness (QED) is 0.804. The lowest BCUT2D eigenvalue weighted by Crippen LogP contribution is -2.42. The predicted octanol–water partition coefficient (Wildman–Crippen LogP) is 2.13. The summed E-state index contributed by atoms with van der Waals surface area (Å²) in [6, 6.07) is 15.0. The molecule has 0 bridgehead atoms. The Bertz CT molecular complexity index is 877. The fraction of sp³-hybridized carbons (Fsp3) is 0.286. The predicted molar refractivity (Wildman–Crippen MR) is 109 cm³/mol. The van der Waals surface area contributed by atoms with Crippen molar-refractivity contribution >= 4 is 34.8 Å². The Hall–Kier alpha value is -3.35. The van der Waals surface area contributed by atoms with Crippen molar-refractivity contribution < 1.29 is 14.4 Å². The number of para-hydroxylation sites is 2. The minimum absolute atomic E-state index is 0.0321. The first-order valence-electron chi connectivity index (χ1n) is 9.16. The summed E-state index contributed by atoms with van der Waals surface area (Å²) in [5.74, 6) is -0.676. The summed E-state index contributed by atoms with van der Waals surface area (Å²) in [5, 5.41) is 5.58. The minimum atomic E-state index is -0.243. The topological polar surface area (TPSA) is 81.8 Å². The molecule has 2 aromatic rings. The Labute approximate surface area is 164 Å². The van der Waals surface area contributed by atoms with Crippen LogP contribution < -0.4 is 20.4 Å². The second kappa shape index (κ2) is 8.56. The van der Waals surface area contributed by atoms with E-state index in [9.17, 15) is 14.4 Å². The molecule has 28 heavy (non-hydrogen) atoms. The molecular weight excluding hydrogens is 356 g/mol. The Morgan fingerprint density at radius 2 is 1.79 bits per heavy atom. The first-order chi connectivity index (χ1) is 13.4. The van der Waals surface area contributed by atoms with E-state index in [1.807, 2.05) is 49.3 Å². The zero-order valence-corrected chi connectivity index (χ0v) is 16.1. The van der Waals surface area contributed by atoms with E-state index in [0.717, 1.165) is 11.3 Å². The molecule has 0 saturated carbocycles. The molecule has 1 heterocycles. The van der Waals surface area contributed by atoms with Crippen molar-refractivity contribution in [2.24, 2.45) is 0 Å². The Morgan fingerprint density at radius 1 is 1.07 bits per heavy atom. The molecule has 0 unspecified atom stereocenters. The molecule has 0 atom stereocenters. The summed E-state index contributed by atoms with van der Waals surface area (Å²) in [7, 11) is 3.94. The fourth-order valence-corrected chi connectivity index (χ4v) is 3.01. The molecule has 3 rings (SSSR count). The number of benzene rings is 2. The van der Waals surface area contributed by atoms with Gasteiger partial charge in [0.15, 0.2) is 0 Å². The van der Waals surface area contributed by atoms with E-state index in [1.54, 1.807) is 18.2 Å². The number of hydrogen-bond acceptors (Lipinski definition) is 4. The second-order valence-corrected chi connectivity index (χ2v) is 6.88. The third kappa shape index (κ3) is 4.68. The summed E-state index contributed by atoms with van der Waals surface area (Å²) in [5.41, 5.74) is 3.35. The van der Waals surface area contributed by atoms with Crippen molar-refractivity contribution in [3.8, 4) is 0 Å². The van der Waals surface area contributed by atoms with Crippen molar-refractivity contribution in [3.05, 3.63) is 54.1 Å². The van der Waals surface area contributed by atoms with Crippen molar-refractivity contribution in [2.45, 2.75) is 19.4 Å². The van der Waals surface area contributed by atoms with Gasteiger partial charge in [-0.25, -0.2) is 0 Å². The molecule has 0 spiro atoms. The van der Waals surface area contributed by atoms with Gasteiger partial charge in [0, 0.05) is 39.2 Å². The first-order valence-corrected chi connectivity index (χ1v) is 9.16. The molecule has 1 aliphatic heterocycles. The molecule has 0 saturated heterocycles. The summed E-state index contributed by atoms with van der Waals surface area (Å²) in [4.78, 5) is 39.9. The number of anilines is 3. The van der Waals surface area contributed by atoms with E-state index in [1.165, 1.54) is 4.90 Å². The summed E-state index contributed by atoms with van der Waals surface area (Å²) in [6.45, 7) is 0.380. The van der Waals surface area contributed by atoms with Gasteiger partial charge in [0.05, 0.1) is 11.4 Å². The SMILES string of the molecule is CN(C)c1ccc(CNC(=O)CCC(=O)N2CC(=O)Nc3ccccc32)cc1. The molecule has 146 valence electrons. The zero-order valence-electron chi connectivity index (χ0n) is 16.1. The molecule has 7 nitrogen and oxygen atoms in total. The van der Waals surface area contributed by atoms with Gasteiger partial charge in [0.1, 0.15) is 6.54 Å². The maximum atomic E-state index is 12.5. The lowest BCUT2D eigenvalue weighted by atomic mass is 10.1. The van der Waals surface area contributed by atoms with Gasteiger partial charge in [-0.15, -0.1) is 0 Å². The summed E-state index contributed by atoms with van der Waals surface area (Å²) < 4.78 is 0. The molecule has 0 aliphatic carbocycles. The van der Waals surface area contributed by atoms with E-state index >= 15 is 0 Å². The lowest BCUT2D eigenvalue weighted by molar-refractivity contribution is -0.125. The van der Waals surface area contributed by atoms with Gasteiger partial charge in [-0.2, -0.15) is 0 Å². The van der Waals surface area contributed by atoms with Crippen LogP contribution in [0.3, 0.4) is 0 Å². The zero-order chi connectivity index (χ0) is 20.1. The van der Waals surface area contributed by atoms with E-state index in [2.05, 4.69) is 10.6 Å². The van der Waals surface area contributed by atoms with Crippen LogP contribution in [-0.4, -0.2) is 38.4 Å². The van der Waals surface area contributed by atoms with Gasteiger partial charge in [0.2, 0.25) is 17.7 Å². The molecule has 1 aliphatic rings. The standard InChI is InChI=1S/C21H24N4O3/c1-24(2)16-9-7-15(8-10-16)13-22-19(26)11-12-21(28)25-14-20(27)23-17-5-3-4-6-18(17)25/h3-10H,11-14H2,1-2H3,(H,22,26)(H,23,27). The molecule has 0 fully saturated rings. The van der Waals surface area contributed by atoms with E-state index in [-0.39, 0.29) is 37.1 Å². The summed E-state index contributed by atoms with van der Waals surface area (Å²) >= 11 is 0. The van der Waals surface area contributed by atoms with Crippen LogP contribution in [0, 0.1) is 0 Å². The smallest absolute Gasteiger partial charge is 0.244 e. The number of carbonyl (C=O) groups excluding carboxylic acids is 3. The molecular formula is C21H24N4O3. The number of rotatable bonds is 6. The highest BCUT2D eigenvalue weighted by atomic mass is 16.2. The first kappa shape index (κ1) is 19.4. The largest absolute Gasteiger partial charge is 0.378 e. The minimum Gasteiger partial charge on any atom is -0.378 e. The Kier molecular flexibility index (Phi) is 5.93. The number of fused-ring (bicyclic) bond motifs is 1. The van der Waals surface area contributed by atoms with Crippen LogP contribution in [-0.2, 0) is 20.9 Å². The van der Waals surface area contributed by atoms with Crippen LogP contribution in [0.5, 0.6) is 0 Å². The van der Waals surface area contributed by atoms with Crippen LogP contribution in [0.15, 0.2) is 48.5 Å². The van der Waals surface area contributed by atoms with Gasteiger partial charge < -0.3 is 20.4 Å². The highest BCUT2D eigenvalue weighted by Crippen LogP contribution is 2.29. The molecule has 0 radical (unpaired) electrons. The van der Waals surface area contributed by atoms with Crippen LogP contribution >= 0.6 is 0 Å². The second-order valence-electron chi connectivity index (χ2n) is 6.88. The van der Waals surface area contributed by atoms with Crippen molar-refractivity contribution in [1.82, 2.24) is 5.32 Å². The summed E-state index contributed by atoms with van der Waals surface area (Å²) in [6.07, 6.45) is 0.127. The third-order valence-corrected chi connectivity index (χ3v) is 4.58. The van der Waals surface area contributed by atoms with Gasteiger partial charge in [0.25, 0.3) is 0 Å². The molecule has 3 amide bonds. The highest BCUT2D eigenvalue weighted by Gasteiger charge is 2.26. The van der Waals surface area contributed by atoms with Crippen LogP contribution in [0.25, 0.3) is 0 Å². The van der Waals surface area contributed by atoms with Crippen LogP contribution in [0.1, 0.15) is 18.4 Å². The lowest BCUT2D eigenvalue weighted by Gasteiger charge is -2.29. The molecule has 2 N–H and O–H groups in total. The van der Waals surface area contributed by atoms with Crippen molar-refractivity contribution in [2.75, 3.05) is 35.8 Å². The monoisotopic (exact) mass is 380 g/mol. The fourth-order valence-electron chi connectivity index (χ4n) is 3.01. The normalized spacial score (nSPS) is 12.8. The van der Waals surface area contributed by atoms with Crippen molar-refractivity contribution in [3.63, 3.8) is 0 Å². The molecule has 0 aromatic heterocycles. The molecule has 2 aromatic carbocycles.